The highest BCUT2D eigenvalue weighted by atomic mass is 16.5. The van der Waals surface area contributed by atoms with Gasteiger partial charge in [0, 0.05) is 24.1 Å². The molecule has 0 spiro atoms. The minimum absolute atomic E-state index is 0.0204. The van der Waals surface area contributed by atoms with E-state index in [9.17, 15) is 4.79 Å². The zero-order valence-corrected chi connectivity index (χ0v) is 14.4. The molecule has 1 heterocycles. The normalized spacial score (nSPS) is 22.3. The van der Waals surface area contributed by atoms with E-state index in [1.54, 1.807) is 25.3 Å². The van der Waals surface area contributed by atoms with E-state index in [0.717, 1.165) is 30.3 Å². The topological polar surface area (TPSA) is 87.2 Å². The standard InChI is InChI=1S/C18H25N3O3/c1-4-18(5-2)14(9-15(18)24-3)21-17(23)11-6-7-12-13(8-11)20-16(10-22)19-12/h6-8,14-15,22H,4-5,9-10H2,1-3H3,(H,19,20)(H,21,23). The van der Waals surface area contributed by atoms with Crippen LogP contribution >= 0.6 is 0 Å². The van der Waals surface area contributed by atoms with Gasteiger partial charge in [-0.15, -0.1) is 0 Å². The molecule has 1 fully saturated rings. The Balaban J connectivity index is 1.77. The number of aromatic amines is 1. The number of aliphatic hydroxyl groups is 1. The first-order chi connectivity index (χ1) is 11.6. The number of methoxy groups -OCH3 is 1. The number of imidazole rings is 1. The van der Waals surface area contributed by atoms with Crippen molar-refractivity contribution in [1.82, 2.24) is 15.3 Å². The van der Waals surface area contributed by atoms with Crippen LogP contribution in [0.3, 0.4) is 0 Å². The van der Waals surface area contributed by atoms with Gasteiger partial charge in [0.25, 0.3) is 5.91 Å². The first-order valence-electron chi connectivity index (χ1n) is 8.51. The first-order valence-corrected chi connectivity index (χ1v) is 8.51. The minimum Gasteiger partial charge on any atom is -0.388 e. The van der Waals surface area contributed by atoms with Crippen molar-refractivity contribution in [2.45, 2.75) is 51.9 Å². The van der Waals surface area contributed by atoms with Crippen LogP contribution in [0.1, 0.15) is 49.3 Å². The molecule has 24 heavy (non-hydrogen) atoms. The lowest BCUT2D eigenvalue weighted by Gasteiger charge is -2.55. The quantitative estimate of drug-likeness (QED) is 0.758. The average molecular weight is 331 g/mol. The molecule has 2 atom stereocenters. The number of nitrogens with one attached hydrogen (secondary N) is 2. The average Bonchev–Trinajstić information content (AvgIpc) is 3.01. The van der Waals surface area contributed by atoms with Gasteiger partial charge in [0.1, 0.15) is 12.4 Å². The zero-order valence-electron chi connectivity index (χ0n) is 14.4. The van der Waals surface area contributed by atoms with Crippen LogP contribution < -0.4 is 5.32 Å². The highest BCUT2D eigenvalue weighted by Crippen LogP contribution is 2.48. The number of carbonyl (C=O) groups excluding carboxylic acids is 1. The molecule has 1 aliphatic rings. The Labute approximate surface area is 141 Å². The van der Waals surface area contributed by atoms with Gasteiger partial charge >= 0.3 is 0 Å². The van der Waals surface area contributed by atoms with Crippen LogP contribution in [-0.2, 0) is 11.3 Å². The maximum Gasteiger partial charge on any atom is 0.251 e. The van der Waals surface area contributed by atoms with Crippen molar-refractivity contribution >= 4 is 16.9 Å². The van der Waals surface area contributed by atoms with E-state index in [-0.39, 0.29) is 30.1 Å². The van der Waals surface area contributed by atoms with Gasteiger partial charge < -0.3 is 20.1 Å². The summed E-state index contributed by atoms with van der Waals surface area (Å²) in [5.41, 5.74) is 2.12. The van der Waals surface area contributed by atoms with Crippen LogP contribution in [0.15, 0.2) is 18.2 Å². The molecule has 2 unspecified atom stereocenters. The number of hydrogen-bond acceptors (Lipinski definition) is 4. The number of nitrogens with zero attached hydrogens (tertiary/aromatic N) is 1. The molecule has 6 nitrogen and oxygen atoms in total. The smallest absolute Gasteiger partial charge is 0.251 e. The molecule has 0 bridgehead atoms. The summed E-state index contributed by atoms with van der Waals surface area (Å²) < 4.78 is 5.59. The summed E-state index contributed by atoms with van der Waals surface area (Å²) in [4.78, 5) is 19.9. The fraction of sp³-hybridized carbons (Fsp3) is 0.556. The molecule has 0 radical (unpaired) electrons. The molecule has 6 heteroatoms. The number of amides is 1. The summed E-state index contributed by atoms with van der Waals surface area (Å²) in [7, 11) is 1.74. The van der Waals surface area contributed by atoms with E-state index in [1.165, 1.54) is 0 Å². The number of benzene rings is 1. The van der Waals surface area contributed by atoms with E-state index in [1.807, 2.05) is 0 Å². The molecule has 1 amide bonds. The van der Waals surface area contributed by atoms with Crippen molar-refractivity contribution in [2.75, 3.05) is 7.11 Å². The van der Waals surface area contributed by atoms with E-state index in [2.05, 4.69) is 29.1 Å². The summed E-state index contributed by atoms with van der Waals surface area (Å²) in [6.45, 7) is 4.16. The van der Waals surface area contributed by atoms with E-state index >= 15 is 0 Å². The van der Waals surface area contributed by atoms with Gasteiger partial charge in [-0.1, -0.05) is 13.8 Å². The zero-order chi connectivity index (χ0) is 17.3. The lowest BCUT2D eigenvalue weighted by molar-refractivity contribution is -0.120. The predicted molar refractivity (Wildman–Crippen MR) is 91.7 cm³/mol. The molecule has 2 aromatic rings. The summed E-state index contributed by atoms with van der Waals surface area (Å²) in [6, 6.07) is 5.48. The molecule has 0 saturated heterocycles. The summed E-state index contributed by atoms with van der Waals surface area (Å²) >= 11 is 0. The van der Waals surface area contributed by atoms with Gasteiger partial charge in [-0.05, 0) is 37.5 Å². The molecule has 1 saturated carbocycles. The molecule has 0 aliphatic heterocycles. The second kappa shape index (κ2) is 6.53. The first kappa shape index (κ1) is 16.9. The van der Waals surface area contributed by atoms with Crippen molar-refractivity contribution in [1.29, 1.82) is 0 Å². The van der Waals surface area contributed by atoms with Crippen LogP contribution in [0.4, 0.5) is 0 Å². The SMILES string of the molecule is CCC1(CC)C(NC(=O)c2ccc3nc(CO)[nH]c3c2)CC1OC. The van der Waals surface area contributed by atoms with Gasteiger partial charge in [-0.2, -0.15) is 0 Å². The summed E-state index contributed by atoms with van der Waals surface area (Å²) in [6.07, 6.45) is 3.02. The largest absolute Gasteiger partial charge is 0.388 e. The number of ether oxygens (including phenoxy) is 1. The van der Waals surface area contributed by atoms with E-state index < -0.39 is 0 Å². The summed E-state index contributed by atoms with van der Waals surface area (Å²) in [5.74, 6) is 0.420. The fourth-order valence-electron chi connectivity index (χ4n) is 4.00. The van der Waals surface area contributed by atoms with Crippen LogP contribution in [0, 0.1) is 5.41 Å². The molecule has 130 valence electrons. The Morgan fingerprint density at radius 2 is 2.21 bits per heavy atom. The highest BCUT2D eigenvalue weighted by molar-refractivity contribution is 5.97. The Bertz CT molecular complexity index is 736. The fourth-order valence-corrected chi connectivity index (χ4v) is 4.00. The lowest BCUT2D eigenvalue weighted by atomic mass is 9.58. The number of fused-ring (bicyclic) bond motifs is 1. The van der Waals surface area contributed by atoms with Crippen molar-refractivity contribution < 1.29 is 14.6 Å². The number of H-pyrrole nitrogens is 1. The number of aliphatic hydroxyl groups excluding tert-OH is 1. The number of hydrogen-bond donors (Lipinski definition) is 3. The van der Waals surface area contributed by atoms with Crippen LogP contribution in [0.5, 0.6) is 0 Å². The third kappa shape index (κ3) is 2.59. The van der Waals surface area contributed by atoms with E-state index in [4.69, 9.17) is 9.84 Å². The van der Waals surface area contributed by atoms with Crippen molar-refractivity contribution in [3.8, 4) is 0 Å². The number of aromatic nitrogens is 2. The Kier molecular flexibility index (Phi) is 4.60. The van der Waals surface area contributed by atoms with Gasteiger partial charge in [0.15, 0.2) is 0 Å². The lowest BCUT2D eigenvalue weighted by Crippen LogP contribution is -2.64. The molecule has 3 N–H and O–H groups in total. The van der Waals surface area contributed by atoms with Gasteiger partial charge in [0.2, 0.25) is 0 Å². The van der Waals surface area contributed by atoms with E-state index in [0.29, 0.717) is 11.4 Å². The predicted octanol–water partition coefficient (Wildman–Crippen LogP) is 2.38. The number of rotatable bonds is 6. The Morgan fingerprint density at radius 3 is 2.83 bits per heavy atom. The van der Waals surface area contributed by atoms with Crippen LogP contribution in [-0.4, -0.2) is 40.2 Å². The number of carbonyl (C=O) groups is 1. The van der Waals surface area contributed by atoms with Crippen LogP contribution in [0.25, 0.3) is 11.0 Å². The molecule has 3 rings (SSSR count). The minimum atomic E-state index is -0.147. The van der Waals surface area contributed by atoms with Gasteiger partial charge in [-0.25, -0.2) is 4.98 Å². The molecular formula is C18H25N3O3. The molecule has 1 aromatic heterocycles. The second-order valence-corrected chi connectivity index (χ2v) is 6.50. The van der Waals surface area contributed by atoms with Crippen LogP contribution in [0.2, 0.25) is 0 Å². The van der Waals surface area contributed by atoms with Gasteiger partial charge in [-0.3, -0.25) is 4.79 Å². The third-order valence-corrected chi connectivity index (χ3v) is 5.63. The second-order valence-electron chi connectivity index (χ2n) is 6.50. The summed E-state index contributed by atoms with van der Waals surface area (Å²) in [5, 5.41) is 12.3. The van der Waals surface area contributed by atoms with Crippen molar-refractivity contribution in [3.05, 3.63) is 29.6 Å². The molecule has 1 aromatic carbocycles. The molecular weight excluding hydrogens is 306 g/mol. The Morgan fingerprint density at radius 1 is 1.46 bits per heavy atom. The monoisotopic (exact) mass is 331 g/mol. The maximum absolute atomic E-state index is 12.6. The third-order valence-electron chi connectivity index (χ3n) is 5.63. The van der Waals surface area contributed by atoms with Crippen molar-refractivity contribution in [2.24, 2.45) is 5.41 Å². The Hall–Kier alpha value is -1.92. The van der Waals surface area contributed by atoms with Gasteiger partial charge in [0.05, 0.1) is 17.1 Å². The highest BCUT2D eigenvalue weighted by Gasteiger charge is 2.53. The molecule has 1 aliphatic carbocycles. The maximum atomic E-state index is 12.6. The van der Waals surface area contributed by atoms with Crippen molar-refractivity contribution in [3.63, 3.8) is 0 Å².